The van der Waals surface area contributed by atoms with Gasteiger partial charge >= 0.3 is 0 Å². The van der Waals surface area contributed by atoms with Crippen LogP contribution in [0.2, 0.25) is 0 Å². The summed E-state index contributed by atoms with van der Waals surface area (Å²) >= 11 is 0. The van der Waals surface area contributed by atoms with Gasteiger partial charge in [-0.2, -0.15) is 10.2 Å². The SMILES string of the molecule is Cc1cc(C)c2c(C(=O)N[C@@H](C)Cn3cccn3)cc(-c3cn[nH]c3)nc2c1. The van der Waals surface area contributed by atoms with E-state index >= 15 is 0 Å². The van der Waals surface area contributed by atoms with Gasteiger partial charge in [0, 0.05) is 35.6 Å². The topological polar surface area (TPSA) is 88.5 Å². The fourth-order valence-corrected chi connectivity index (χ4v) is 3.51. The summed E-state index contributed by atoms with van der Waals surface area (Å²) in [6.45, 7) is 6.62. The fraction of sp³-hybridized carbons (Fsp3) is 0.238. The molecule has 0 aliphatic rings. The first-order chi connectivity index (χ1) is 13.5. The summed E-state index contributed by atoms with van der Waals surface area (Å²) < 4.78 is 1.81. The van der Waals surface area contributed by atoms with Crippen molar-refractivity contribution in [2.75, 3.05) is 0 Å². The van der Waals surface area contributed by atoms with E-state index in [0.717, 1.165) is 33.3 Å². The molecule has 2 N–H and O–H groups in total. The molecular formula is C21H22N6O. The van der Waals surface area contributed by atoms with Crippen molar-refractivity contribution in [3.05, 3.63) is 65.7 Å². The minimum atomic E-state index is -0.122. The number of carbonyl (C=O) groups excluding carboxylic acids is 1. The number of aromatic nitrogens is 5. The van der Waals surface area contributed by atoms with Crippen molar-refractivity contribution in [1.29, 1.82) is 0 Å². The van der Waals surface area contributed by atoms with Crippen molar-refractivity contribution in [2.45, 2.75) is 33.4 Å². The van der Waals surface area contributed by atoms with Crippen LogP contribution < -0.4 is 5.32 Å². The molecule has 0 saturated heterocycles. The van der Waals surface area contributed by atoms with Crippen LogP contribution >= 0.6 is 0 Å². The third-order valence-electron chi connectivity index (χ3n) is 4.69. The van der Waals surface area contributed by atoms with Crippen LogP contribution in [0, 0.1) is 13.8 Å². The maximum absolute atomic E-state index is 13.2. The molecule has 7 nitrogen and oxygen atoms in total. The number of carbonyl (C=O) groups is 1. The largest absolute Gasteiger partial charge is 0.348 e. The van der Waals surface area contributed by atoms with Crippen LogP contribution in [0.25, 0.3) is 22.2 Å². The third-order valence-corrected chi connectivity index (χ3v) is 4.69. The Hall–Kier alpha value is -3.48. The van der Waals surface area contributed by atoms with E-state index in [2.05, 4.69) is 26.7 Å². The second-order valence-corrected chi connectivity index (χ2v) is 7.12. The Morgan fingerprint density at radius 1 is 1.29 bits per heavy atom. The van der Waals surface area contributed by atoms with E-state index in [9.17, 15) is 4.79 Å². The van der Waals surface area contributed by atoms with E-state index < -0.39 is 0 Å². The predicted molar refractivity (Wildman–Crippen MR) is 108 cm³/mol. The lowest BCUT2D eigenvalue weighted by Crippen LogP contribution is -2.36. The minimum Gasteiger partial charge on any atom is -0.348 e. The molecule has 1 atom stereocenters. The first kappa shape index (κ1) is 17.9. The van der Waals surface area contributed by atoms with Crippen molar-refractivity contribution >= 4 is 16.8 Å². The predicted octanol–water partition coefficient (Wildman–Crippen LogP) is 3.26. The first-order valence-electron chi connectivity index (χ1n) is 9.20. The van der Waals surface area contributed by atoms with Crippen molar-refractivity contribution in [1.82, 2.24) is 30.3 Å². The summed E-state index contributed by atoms with van der Waals surface area (Å²) in [5.41, 5.74) is 5.13. The molecule has 0 fully saturated rings. The molecule has 1 aromatic carbocycles. The van der Waals surface area contributed by atoms with Gasteiger partial charge in [0.25, 0.3) is 5.91 Å². The quantitative estimate of drug-likeness (QED) is 0.561. The molecule has 28 heavy (non-hydrogen) atoms. The smallest absolute Gasteiger partial charge is 0.252 e. The molecule has 4 aromatic rings. The van der Waals surface area contributed by atoms with Crippen LogP contribution in [-0.2, 0) is 6.54 Å². The van der Waals surface area contributed by atoms with E-state index in [1.54, 1.807) is 23.3 Å². The molecular weight excluding hydrogens is 352 g/mol. The molecule has 3 aromatic heterocycles. The number of nitrogens with one attached hydrogen (secondary N) is 2. The number of hydrogen-bond acceptors (Lipinski definition) is 4. The minimum absolute atomic E-state index is 0.0706. The number of aromatic amines is 1. The highest BCUT2D eigenvalue weighted by Crippen LogP contribution is 2.28. The average molecular weight is 374 g/mol. The summed E-state index contributed by atoms with van der Waals surface area (Å²) in [6, 6.07) is 7.72. The van der Waals surface area contributed by atoms with Gasteiger partial charge in [-0.05, 0) is 50.1 Å². The van der Waals surface area contributed by atoms with Crippen molar-refractivity contribution in [2.24, 2.45) is 0 Å². The van der Waals surface area contributed by atoms with Gasteiger partial charge in [0.15, 0.2) is 0 Å². The van der Waals surface area contributed by atoms with Crippen LogP contribution in [0.5, 0.6) is 0 Å². The van der Waals surface area contributed by atoms with Crippen molar-refractivity contribution in [3.63, 3.8) is 0 Å². The molecule has 0 aliphatic carbocycles. The third kappa shape index (κ3) is 3.51. The summed E-state index contributed by atoms with van der Waals surface area (Å²) in [7, 11) is 0. The molecule has 0 aliphatic heterocycles. The van der Waals surface area contributed by atoms with Gasteiger partial charge in [0.05, 0.1) is 29.5 Å². The molecule has 7 heteroatoms. The van der Waals surface area contributed by atoms with Crippen LogP contribution in [0.1, 0.15) is 28.4 Å². The molecule has 0 radical (unpaired) electrons. The number of rotatable bonds is 5. The molecule has 0 saturated carbocycles. The number of aryl methyl sites for hydroxylation is 2. The van der Waals surface area contributed by atoms with Crippen molar-refractivity contribution in [3.8, 4) is 11.3 Å². The van der Waals surface area contributed by atoms with E-state index in [0.29, 0.717) is 12.1 Å². The van der Waals surface area contributed by atoms with E-state index in [4.69, 9.17) is 4.98 Å². The Morgan fingerprint density at radius 3 is 2.86 bits per heavy atom. The van der Waals surface area contributed by atoms with Gasteiger partial charge in [-0.1, -0.05) is 6.07 Å². The monoisotopic (exact) mass is 374 g/mol. The second-order valence-electron chi connectivity index (χ2n) is 7.12. The number of amides is 1. The maximum atomic E-state index is 13.2. The zero-order chi connectivity index (χ0) is 19.7. The van der Waals surface area contributed by atoms with Crippen molar-refractivity contribution < 1.29 is 4.79 Å². The number of pyridine rings is 1. The Bertz CT molecular complexity index is 1120. The zero-order valence-electron chi connectivity index (χ0n) is 16.1. The van der Waals surface area contributed by atoms with Crippen LogP contribution in [-0.4, -0.2) is 36.9 Å². The van der Waals surface area contributed by atoms with E-state index in [1.807, 2.05) is 45.2 Å². The molecule has 4 rings (SSSR count). The van der Waals surface area contributed by atoms with Gasteiger partial charge < -0.3 is 5.32 Å². The summed E-state index contributed by atoms with van der Waals surface area (Å²) in [6.07, 6.45) is 7.10. The van der Waals surface area contributed by atoms with E-state index in [1.165, 1.54) is 0 Å². The van der Waals surface area contributed by atoms with E-state index in [-0.39, 0.29) is 11.9 Å². The molecule has 0 bridgehead atoms. The summed E-state index contributed by atoms with van der Waals surface area (Å²) in [5, 5.41) is 15.0. The molecule has 0 unspecified atom stereocenters. The molecule has 3 heterocycles. The Morgan fingerprint density at radius 2 is 2.14 bits per heavy atom. The van der Waals surface area contributed by atoms with Gasteiger partial charge in [-0.15, -0.1) is 0 Å². The number of fused-ring (bicyclic) bond motifs is 1. The lowest BCUT2D eigenvalue weighted by atomic mass is 9.99. The Kier molecular flexibility index (Phi) is 4.65. The Balaban J connectivity index is 1.74. The van der Waals surface area contributed by atoms with Gasteiger partial charge in [-0.3, -0.25) is 14.6 Å². The first-order valence-corrected chi connectivity index (χ1v) is 9.20. The second kappa shape index (κ2) is 7.26. The Labute approximate surface area is 162 Å². The lowest BCUT2D eigenvalue weighted by molar-refractivity contribution is 0.0937. The summed E-state index contributed by atoms with van der Waals surface area (Å²) in [4.78, 5) is 17.9. The highest BCUT2D eigenvalue weighted by molar-refractivity contribution is 6.08. The fourth-order valence-electron chi connectivity index (χ4n) is 3.51. The van der Waals surface area contributed by atoms with Gasteiger partial charge in [-0.25, -0.2) is 4.98 Å². The standard InChI is InChI=1S/C21H22N6O/c1-13-7-14(2)20-17(21(28)25-15(3)12-27-6-4-5-24-27)9-18(26-19(20)8-13)16-10-22-23-11-16/h4-11,15H,12H2,1-3H3,(H,22,23)(H,25,28)/t15-/m0/s1. The number of hydrogen-bond donors (Lipinski definition) is 2. The summed E-state index contributed by atoms with van der Waals surface area (Å²) in [5.74, 6) is -0.122. The van der Waals surface area contributed by atoms with Crippen LogP contribution in [0.15, 0.2) is 49.1 Å². The van der Waals surface area contributed by atoms with Crippen LogP contribution in [0.3, 0.4) is 0 Å². The highest BCUT2D eigenvalue weighted by Gasteiger charge is 2.18. The normalized spacial score (nSPS) is 12.2. The van der Waals surface area contributed by atoms with Gasteiger partial charge in [0.2, 0.25) is 0 Å². The number of nitrogens with zero attached hydrogens (tertiary/aromatic N) is 4. The molecule has 1 amide bonds. The molecule has 0 spiro atoms. The average Bonchev–Trinajstić information content (AvgIpc) is 3.34. The van der Waals surface area contributed by atoms with Crippen LogP contribution in [0.4, 0.5) is 0 Å². The maximum Gasteiger partial charge on any atom is 0.252 e. The number of H-pyrrole nitrogens is 1. The molecule has 142 valence electrons. The zero-order valence-corrected chi connectivity index (χ0v) is 16.1. The highest BCUT2D eigenvalue weighted by atomic mass is 16.1. The number of benzene rings is 1. The van der Waals surface area contributed by atoms with Gasteiger partial charge in [0.1, 0.15) is 0 Å². The lowest BCUT2D eigenvalue weighted by Gasteiger charge is -2.16.